The Balaban J connectivity index is 0. The zero-order chi connectivity index (χ0) is 7.82. The molecule has 11 heavy (non-hydrogen) atoms. The van der Waals surface area contributed by atoms with Crippen molar-refractivity contribution in [1.82, 2.24) is 0 Å². The van der Waals surface area contributed by atoms with Gasteiger partial charge in [-0.25, -0.2) is 0 Å². The van der Waals surface area contributed by atoms with E-state index in [0.29, 0.717) is 0 Å². The number of rotatable bonds is 6. The van der Waals surface area contributed by atoms with E-state index in [1.807, 2.05) is 0 Å². The number of hydrogen-bond acceptors (Lipinski definition) is 0. The fraction of sp³-hybridized carbons (Fsp3) is 1.00. The fourth-order valence-electron chi connectivity index (χ4n) is 0.943. The van der Waals surface area contributed by atoms with Gasteiger partial charge in [-0.05, 0) is 18.2 Å². The van der Waals surface area contributed by atoms with Crippen LogP contribution in [-0.2, 0) is 0 Å². The van der Waals surface area contributed by atoms with E-state index in [0.717, 1.165) is 5.66 Å². The average Bonchev–Trinajstić information content (AvgIpc) is 1.87. The van der Waals surface area contributed by atoms with Gasteiger partial charge in [0.2, 0.25) is 0 Å². The molecule has 0 saturated heterocycles. The van der Waals surface area contributed by atoms with E-state index in [1.165, 1.54) is 40.4 Å². The first-order valence-electron chi connectivity index (χ1n) is 4.50. The average molecular weight is 197 g/mol. The Morgan fingerprint density at radius 2 is 1.73 bits per heavy atom. The lowest BCUT2D eigenvalue weighted by molar-refractivity contribution is 0.705. The zero-order valence-electron chi connectivity index (χ0n) is 8.02. The van der Waals surface area contributed by atoms with Gasteiger partial charge in [0.05, 0.1) is 0 Å². The van der Waals surface area contributed by atoms with Crippen LogP contribution in [0.5, 0.6) is 0 Å². The van der Waals surface area contributed by atoms with Crippen LogP contribution in [0.3, 0.4) is 0 Å². The second-order valence-electron chi connectivity index (χ2n) is 3.17. The molecule has 0 aromatic heterocycles. The zero-order valence-corrected chi connectivity index (χ0v) is 9.84. The molecule has 0 aliphatic carbocycles. The Kier molecular flexibility index (Phi) is 13.9. The Morgan fingerprint density at radius 3 is 2.18 bits per heavy atom. The predicted molar refractivity (Wildman–Crippen MR) is 59.7 cm³/mol. The van der Waals surface area contributed by atoms with Gasteiger partial charge in [0.1, 0.15) is 0 Å². The molecule has 1 atom stereocenters. The van der Waals surface area contributed by atoms with Crippen molar-refractivity contribution in [2.75, 3.05) is 6.16 Å². The van der Waals surface area contributed by atoms with E-state index in [-0.39, 0.29) is 12.4 Å². The highest BCUT2D eigenvalue weighted by molar-refractivity contribution is 7.38. The minimum atomic E-state index is 0. The molecule has 0 saturated carbocycles. The van der Waals surface area contributed by atoms with Crippen molar-refractivity contribution in [3.05, 3.63) is 0 Å². The molecule has 0 aliphatic heterocycles. The van der Waals surface area contributed by atoms with Crippen LogP contribution in [-0.4, -0.2) is 11.8 Å². The van der Waals surface area contributed by atoms with E-state index < -0.39 is 0 Å². The van der Waals surface area contributed by atoms with Crippen LogP contribution in [0.2, 0.25) is 0 Å². The molecule has 0 nitrogen and oxygen atoms in total. The number of hydrogen-bond donors (Lipinski definition) is 0. The van der Waals surface area contributed by atoms with Crippen LogP contribution < -0.4 is 0 Å². The summed E-state index contributed by atoms with van der Waals surface area (Å²) in [7, 11) is 1.20. The molecule has 0 heterocycles. The summed E-state index contributed by atoms with van der Waals surface area (Å²) >= 11 is 0. The molecule has 1 unspecified atom stereocenters. The van der Waals surface area contributed by atoms with E-state index >= 15 is 0 Å². The van der Waals surface area contributed by atoms with Gasteiger partial charge in [-0.15, -0.1) is 21.0 Å². The molecular formula is C9H22ClP. The Bertz CT molecular complexity index is 64.6. The normalized spacial score (nSPS) is 10.9. The first kappa shape index (κ1) is 14.3. The minimum Gasteiger partial charge on any atom is -0.147 e. The van der Waals surface area contributed by atoms with Crippen molar-refractivity contribution in [1.29, 1.82) is 0 Å². The lowest BCUT2D eigenvalue weighted by atomic mass is 10.2. The molecule has 0 aromatic carbocycles. The largest absolute Gasteiger partial charge is 0.147 e. The molecule has 2 heteroatoms. The van der Waals surface area contributed by atoms with Gasteiger partial charge in [-0.1, -0.05) is 40.0 Å². The molecule has 0 N–H and O–H groups in total. The summed E-state index contributed by atoms with van der Waals surface area (Å²) in [6.07, 6.45) is 7.19. The third kappa shape index (κ3) is 13.7. The fourth-order valence-corrected chi connectivity index (χ4v) is 1.97. The number of halogens is 1. The molecule has 0 amide bonds. The molecule has 0 fully saturated rings. The van der Waals surface area contributed by atoms with Crippen LogP contribution in [0, 0.1) is 0 Å². The third-order valence-corrected chi connectivity index (χ3v) is 3.04. The van der Waals surface area contributed by atoms with Crippen LogP contribution in [0.25, 0.3) is 0 Å². The summed E-state index contributed by atoms with van der Waals surface area (Å²) < 4.78 is 0. The smallest absolute Gasteiger partial charge is 0.0294 e. The van der Waals surface area contributed by atoms with Crippen molar-refractivity contribution in [2.24, 2.45) is 0 Å². The highest BCUT2D eigenvalue weighted by Crippen LogP contribution is 2.19. The van der Waals surface area contributed by atoms with E-state index in [4.69, 9.17) is 0 Å². The maximum Gasteiger partial charge on any atom is -0.0294 e. The van der Waals surface area contributed by atoms with E-state index in [9.17, 15) is 0 Å². The Morgan fingerprint density at radius 1 is 1.09 bits per heavy atom. The molecule has 70 valence electrons. The second-order valence-corrected chi connectivity index (χ2v) is 5.23. The summed E-state index contributed by atoms with van der Waals surface area (Å²) in [5.74, 6) is 0. The van der Waals surface area contributed by atoms with E-state index in [1.54, 1.807) is 0 Å². The van der Waals surface area contributed by atoms with Crippen LogP contribution in [0.1, 0.15) is 46.5 Å². The van der Waals surface area contributed by atoms with Gasteiger partial charge in [-0.3, -0.25) is 0 Å². The summed E-state index contributed by atoms with van der Waals surface area (Å²) in [4.78, 5) is 0. The van der Waals surface area contributed by atoms with Crippen molar-refractivity contribution >= 4 is 21.0 Å². The Labute approximate surface area is 79.7 Å². The summed E-state index contributed by atoms with van der Waals surface area (Å²) in [5.41, 5.74) is 0.932. The molecule has 0 spiro atoms. The lowest BCUT2D eigenvalue weighted by Gasteiger charge is -2.03. The van der Waals surface area contributed by atoms with Crippen molar-refractivity contribution in [3.8, 4) is 0 Å². The maximum absolute atomic E-state index is 2.32. The van der Waals surface area contributed by atoms with Crippen molar-refractivity contribution < 1.29 is 0 Å². The minimum absolute atomic E-state index is 0. The molecule has 0 rings (SSSR count). The number of unbranched alkanes of at least 4 members (excludes halogenated alkanes) is 3. The van der Waals surface area contributed by atoms with Gasteiger partial charge in [0, 0.05) is 0 Å². The monoisotopic (exact) mass is 196 g/mol. The highest BCUT2D eigenvalue weighted by Gasteiger charge is 1.92. The topological polar surface area (TPSA) is 0 Å². The van der Waals surface area contributed by atoms with Gasteiger partial charge in [0.25, 0.3) is 0 Å². The van der Waals surface area contributed by atoms with E-state index in [2.05, 4.69) is 20.8 Å². The van der Waals surface area contributed by atoms with Crippen molar-refractivity contribution in [3.63, 3.8) is 0 Å². The maximum atomic E-state index is 2.32. The van der Waals surface area contributed by atoms with Crippen LogP contribution in [0.4, 0.5) is 0 Å². The Hall–Kier alpha value is 0.720. The predicted octanol–water partition coefficient (Wildman–Crippen LogP) is 4.08. The highest BCUT2D eigenvalue weighted by atomic mass is 35.5. The quantitative estimate of drug-likeness (QED) is 0.444. The molecule has 0 aliphatic rings. The van der Waals surface area contributed by atoms with Crippen LogP contribution >= 0.6 is 21.0 Å². The van der Waals surface area contributed by atoms with Gasteiger partial charge in [0.15, 0.2) is 0 Å². The van der Waals surface area contributed by atoms with Crippen molar-refractivity contribution in [2.45, 2.75) is 52.1 Å². The SMILES string of the molecule is CCCCCCPC(C)C.Cl. The van der Waals surface area contributed by atoms with Crippen LogP contribution in [0.15, 0.2) is 0 Å². The van der Waals surface area contributed by atoms with Gasteiger partial charge < -0.3 is 0 Å². The lowest BCUT2D eigenvalue weighted by Crippen LogP contribution is -1.86. The first-order chi connectivity index (χ1) is 4.77. The standard InChI is InChI=1S/C9H21P.ClH/c1-4-5-6-7-8-10-9(2)3;/h9-10H,4-8H2,1-3H3;1H. The molecule has 0 aromatic rings. The second kappa shape index (κ2) is 10.7. The first-order valence-corrected chi connectivity index (χ1v) is 5.79. The van der Waals surface area contributed by atoms with Gasteiger partial charge >= 0.3 is 0 Å². The molecule has 0 radical (unpaired) electrons. The molecular weight excluding hydrogens is 175 g/mol. The van der Waals surface area contributed by atoms with Gasteiger partial charge in [-0.2, -0.15) is 0 Å². The summed E-state index contributed by atoms with van der Waals surface area (Å²) in [6, 6.07) is 0. The summed E-state index contributed by atoms with van der Waals surface area (Å²) in [6.45, 7) is 6.90. The summed E-state index contributed by atoms with van der Waals surface area (Å²) in [5, 5.41) is 0. The molecule has 0 bridgehead atoms. The third-order valence-electron chi connectivity index (χ3n) is 1.58.